The van der Waals surface area contributed by atoms with E-state index >= 15 is 0 Å². The van der Waals surface area contributed by atoms with Crippen LogP contribution in [0.2, 0.25) is 0 Å². The van der Waals surface area contributed by atoms with Gasteiger partial charge in [-0.25, -0.2) is 12.8 Å². The summed E-state index contributed by atoms with van der Waals surface area (Å²) < 4.78 is 38.7. The van der Waals surface area contributed by atoms with Crippen molar-refractivity contribution in [3.05, 3.63) is 71.0 Å². The zero-order chi connectivity index (χ0) is 21.8. The average Bonchev–Trinajstić information content (AvgIpc) is 2.60. The maximum absolute atomic E-state index is 14.1. The second-order valence-corrected chi connectivity index (χ2v) is 9.80. The number of hydrogen-bond acceptors (Lipinski definition) is 3. The lowest BCUT2D eigenvalue weighted by Crippen LogP contribution is -2.24. The van der Waals surface area contributed by atoms with Gasteiger partial charge < -0.3 is 5.32 Å². The predicted molar refractivity (Wildman–Crippen MR) is 116 cm³/mol. The third-order valence-electron chi connectivity index (χ3n) is 4.35. The zero-order valence-corrected chi connectivity index (χ0v) is 18.1. The number of sulfonamides is 1. The topological polar surface area (TPSA) is 75.3 Å². The minimum absolute atomic E-state index is 0.0662. The van der Waals surface area contributed by atoms with E-state index in [0.29, 0.717) is 5.56 Å². The molecule has 0 bridgehead atoms. The highest BCUT2D eigenvalue weighted by Gasteiger charge is 2.14. The van der Waals surface area contributed by atoms with Crippen LogP contribution in [0.4, 0.5) is 10.1 Å². The van der Waals surface area contributed by atoms with Crippen molar-refractivity contribution >= 4 is 27.7 Å². The van der Waals surface area contributed by atoms with Gasteiger partial charge in [0.05, 0.1) is 18.0 Å². The van der Waals surface area contributed by atoms with Crippen molar-refractivity contribution in [2.45, 2.75) is 39.2 Å². The van der Waals surface area contributed by atoms with Crippen molar-refractivity contribution < 1.29 is 17.6 Å². The Morgan fingerprint density at radius 3 is 2.24 bits per heavy atom. The first-order valence-electron chi connectivity index (χ1n) is 9.21. The molecule has 0 fully saturated rings. The third kappa shape index (κ3) is 7.02. The van der Waals surface area contributed by atoms with E-state index in [4.69, 9.17) is 0 Å². The Labute approximate surface area is 172 Å². The molecule has 5 nitrogen and oxygen atoms in total. The van der Waals surface area contributed by atoms with Crippen molar-refractivity contribution in [2.24, 2.45) is 0 Å². The number of hydrogen-bond donors (Lipinski definition) is 2. The Bertz CT molecular complexity index is 1010. The standard InChI is InChI=1S/C22H27FN2O3S/c1-15(17-9-12-20(19(23)14-17)25-29(5,27)28)24-21(26)13-8-16-6-10-18(11-7-16)22(2,3)4/h6-15,25H,1-5H3,(H,24,26). The van der Waals surface area contributed by atoms with Gasteiger partial charge >= 0.3 is 0 Å². The summed E-state index contributed by atoms with van der Waals surface area (Å²) in [5.41, 5.74) is 2.58. The van der Waals surface area contributed by atoms with Crippen molar-refractivity contribution in [3.8, 4) is 0 Å². The van der Waals surface area contributed by atoms with E-state index in [1.165, 1.54) is 23.8 Å². The summed E-state index contributed by atoms with van der Waals surface area (Å²) in [4.78, 5) is 12.2. The summed E-state index contributed by atoms with van der Waals surface area (Å²) >= 11 is 0. The van der Waals surface area contributed by atoms with Crippen LogP contribution in [0.3, 0.4) is 0 Å². The summed E-state index contributed by atoms with van der Waals surface area (Å²) in [7, 11) is -3.57. The molecule has 0 aliphatic heterocycles. The summed E-state index contributed by atoms with van der Waals surface area (Å²) in [6.45, 7) is 8.14. The number of benzene rings is 2. The number of anilines is 1. The van der Waals surface area contributed by atoms with Crippen LogP contribution in [0.1, 0.15) is 50.4 Å². The first-order valence-corrected chi connectivity index (χ1v) is 11.1. The first kappa shape index (κ1) is 22.6. The number of carbonyl (C=O) groups is 1. The number of rotatable bonds is 6. The molecule has 1 amide bonds. The molecule has 2 N–H and O–H groups in total. The van der Waals surface area contributed by atoms with Gasteiger partial charge in [0.15, 0.2) is 0 Å². The molecule has 0 aromatic heterocycles. The molecule has 1 atom stereocenters. The lowest BCUT2D eigenvalue weighted by molar-refractivity contribution is -0.117. The monoisotopic (exact) mass is 418 g/mol. The molecule has 0 aliphatic carbocycles. The highest BCUT2D eigenvalue weighted by molar-refractivity contribution is 7.92. The predicted octanol–water partition coefficient (Wildman–Crippen LogP) is 4.39. The van der Waals surface area contributed by atoms with E-state index in [2.05, 4.69) is 30.8 Å². The van der Waals surface area contributed by atoms with Gasteiger partial charge in [0.25, 0.3) is 0 Å². The molecular weight excluding hydrogens is 391 g/mol. The highest BCUT2D eigenvalue weighted by atomic mass is 32.2. The zero-order valence-electron chi connectivity index (χ0n) is 17.3. The smallest absolute Gasteiger partial charge is 0.244 e. The Hall–Kier alpha value is -2.67. The maximum Gasteiger partial charge on any atom is 0.244 e. The van der Waals surface area contributed by atoms with E-state index in [1.54, 1.807) is 19.1 Å². The Kier molecular flexibility index (Phi) is 6.85. The van der Waals surface area contributed by atoms with Gasteiger partial charge in [0.2, 0.25) is 15.9 Å². The summed E-state index contributed by atoms with van der Waals surface area (Å²) in [6, 6.07) is 11.6. The van der Waals surface area contributed by atoms with Crippen LogP contribution in [0.5, 0.6) is 0 Å². The van der Waals surface area contributed by atoms with Crippen molar-refractivity contribution in [1.29, 1.82) is 0 Å². The number of carbonyl (C=O) groups excluding carboxylic acids is 1. The van der Waals surface area contributed by atoms with Crippen LogP contribution in [-0.2, 0) is 20.2 Å². The number of halogens is 1. The SMILES string of the molecule is CC(NC(=O)C=Cc1ccc(C(C)(C)C)cc1)c1ccc(NS(C)(=O)=O)c(F)c1. The van der Waals surface area contributed by atoms with Crippen LogP contribution in [0.15, 0.2) is 48.5 Å². The lowest BCUT2D eigenvalue weighted by atomic mass is 9.87. The van der Waals surface area contributed by atoms with Crippen LogP contribution in [-0.4, -0.2) is 20.6 Å². The van der Waals surface area contributed by atoms with Crippen LogP contribution in [0, 0.1) is 5.82 Å². The second-order valence-electron chi connectivity index (χ2n) is 8.05. The van der Waals surface area contributed by atoms with E-state index in [1.807, 2.05) is 24.3 Å². The molecule has 7 heteroatoms. The molecule has 0 radical (unpaired) electrons. The molecular formula is C22H27FN2O3S. The molecule has 0 spiro atoms. The van der Waals surface area contributed by atoms with E-state index in [0.717, 1.165) is 11.8 Å². The van der Waals surface area contributed by atoms with Crippen molar-refractivity contribution in [3.63, 3.8) is 0 Å². The Balaban J connectivity index is 2.01. The fraction of sp³-hybridized carbons (Fsp3) is 0.318. The van der Waals surface area contributed by atoms with E-state index in [9.17, 15) is 17.6 Å². The summed E-state index contributed by atoms with van der Waals surface area (Å²) in [5, 5.41) is 2.77. The van der Waals surface area contributed by atoms with Gasteiger partial charge in [0, 0.05) is 6.08 Å². The van der Waals surface area contributed by atoms with Gasteiger partial charge in [-0.15, -0.1) is 0 Å². The molecule has 1 unspecified atom stereocenters. The fourth-order valence-electron chi connectivity index (χ4n) is 2.69. The quantitative estimate of drug-likeness (QED) is 0.684. The molecule has 0 saturated carbocycles. The molecule has 156 valence electrons. The first-order chi connectivity index (χ1) is 13.3. The molecule has 29 heavy (non-hydrogen) atoms. The van der Waals surface area contributed by atoms with Crippen LogP contribution in [0.25, 0.3) is 6.08 Å². The van der Waals surface area contributed by atoms with E-state index < -0.39 is 21.9 Å². The molecule has 2 rings (SSSR count). The maximum atomic E-state index is 14.1. The summed E-state index contributed by atoms with van der Waals surface area (Å²) in [5.74, 6) is -1.01. The van der Waals surface area contributed by atoms with Gasteiger partial charge in [-0.05, 0) is 47.2 Å². The highest BCUT2D eigenvalue weighted by Crippen LogP contribution is 2.23. The van der Waals surface area contributed by atoms with Crippen molar-refractivity contribution in [2.75, 3.05) is 11.0 Å². The molecule has 2 aromatic carbocycles. The minimum Gasteiger partial charge on any atom is -0.346 e. The molecule has 0 saturated heterocycles. The largest absolute Gasteiger partial charge is 0.346 e. The van der Waals surface area contributed by atoms with Gasteiger partial charge in [-0.1, -0.05) is 51.1 Å². The average molecular weight is 419 g/mol. The second kappa shape index (κ2) is 8.78. The third-order valence-corrected chi connectivity index (χ3v) is 4.94. The minimum atomic E-state index is -3.57. The summed E-state index contributed by atoms with van der Waals surface area (Å²) in [6.07, 6.45) is 4.10. The molecule has 0 heterocycles. The van der Waals surface area contributed by atoms with Gasteiger partial charge in [-0.2, -0.15) is 0 Å². The number of amides is 1. The van der Waals surface area contributed by atoms with Crippen LogP contribution >= 0.6 is 0 Å². The molecule has 0 aliphatic rings. The normalized spacial score (nSPS) is 13.3. The van der Waals surface area contributed by atoms with Crippen molar-refractivity contribution in [1.82, 2.24) is 5.32 Å². The fourth-order valence-corrected chi connectivity index (χ4v) is 3.26. The Morgan fingerprint density at radius 1 is 1.10 bits per heavy atom. The van der Waals surface area contributed by atoms with Gasteiger partial charge in [-0.3, -0.25) is 9.52 Å². The Morgan fingerprint density at radius 2 is 1.72 bits per heavy atom. The van der Waals surface area contributed by atoms with Gasteiger partial charge in [0.1, 0.15) is 5.82 Å². The lowest BCUT2D eigenvalue weighted by Gasteiger charge is -2.18. The molecule has 2 aromatic rings. The number of nitrogens with one attached hydrogen (secondary N) is 2. The van der Waals surface area contributed by atoms with E-state index in [-0.39, 0.29) is 17.0 Å². The van der Waals surface area contributed by atoms with Crippen LogP contribution < -0.4 is 10.0 Å².